The summed E-state index contributed by atoms with van der Waals surface area (Å²) >= 11 is 0. The molecule has 0 aliphatic carbocycles. The van der Waals surface area contributed by atoms with Gasteiger partial charge in [0.15, 0.2) is 5.30 Å². The molecule has 0 N–H and O–H groups in total. The monoisotopic (exact) mass is 211 g/mol. The minimum absolute atomic E-state index is 0. The molecule has 62 valence electrons. The maximum atomic E-state index is 10.3. The number of hydrogen-bond donors (Lipinski definition) is 0. The molecular weight excluding hydrogens is 202 g/mol. The van der Waals surface area contributed by atoms with E-state index < -0.39 is 0 Å². The topological polar surface area (TPSA) is 17.1 Å². The minimum Gasteiger partial charge on any atom is -0.147 e. The van der Waals surface area contributed by atoms with E-state index in [1.165, 1.54) is 5.56 Å². The van der Waals surface area contributed by atoms with Crippen molar-refractivity contribution < 1.29 is 4.57 Å². The average molecular weight is 212 g/mol. The highest BCUT2D eigenvalue weighted by atomic mass is 35.5. The second kappa shape index (κ2) is 6.60. The molecule has 0 aromatic heterocycles. The first-order valence-corrected chi connectivity index (χ1v) is 3.68. The molecule has 0 radical (unpaired) electrons. The van der Waals surface area contributed by atoms with Crippen molar-refractivity contribution in [1.82, 2.24) is 0 Å². The van der Waals surface area contributed by atoms with Crippen molar-refractivity contribution in [3.63, 3.8) is 0 Å². The predicted octanol–water partition coefficient (Wildman–Crippen LogP) is 2.49. The summed E-state index contributed by atoms with van der Waals surface area (Å²) in [5.41, 5.74) is 1.21. The Bertz CT molecular complexity index is 210. The lowest BCUT2D eigenvalue weighted by Crippen LogP contribution is -1.87. The fourth-order valence-electron chi connectivity index (χ4n) is 0.622. The minimum atomic E-state index is -0.324. The van der Waals surface area contributed by atoms with Crippen molar-refractivity contribution in [3.05, 3.63) is 29.8 Å². The Kier molecular flexibility index (Phi) is 8.09. The third-order valence-corrected chi connectivity index (χ3v) is 1.74. The molecular formula is C7H10Cl2OP+. The molecule has 1 nitrogen and oxygen atoms in total. The Morgan fingerprint density at radius 1 is 1.09 bits per heavy atom. The van der Waals surface area contributed by atoms with Gasteiger partial charge in [0.2, 0.25) is 0 Å². The summed E-state index contributed by atoms with van der Waals surface area (Å²) in [4.78, 5) is 0. The van der Waals surface area contributed by atoms with Gasteiger partial charge in [0.1, 0.15) is 0 Å². The highest BCUT2D eigenvalue weighted by Gasteiger charge is 1.94. The van der Waals surface area contributed by atoms with Gasteiger partial charge < -0.3 is 0 Å². The van der Waals surface area contributed by atoms with Gasteiger partial charge in [-0.05, 0) is 19.1 Å². The SMILES string of the molecule is Cc1ccc([PH+]=O)cc1.Cl.Cl. The van der Waals surface area contributed by atoms with Crippen molar-refractivity contribution in [2.75, 3.05) is 0 Å². The van der Waals surface area contributed by atoms with Crippen LogP contribution in [0, 0.1) is 6.92 Å². The van der Waals surface area contributed by atoms with Crippen molar-refractivity contribution in [2.24, 2.45) is 0 Å². The standard InChI is InChI=1S/C7H7OP.2ClH/c1-6-2-4-7(9-8)5-3-6;;/h2-5H,1H3;2*1H/p+1. The summed E-state index contributed by atoms with van der Waals surface area (Å²) in [6, 6.07) is 7.67. The van der Waals surface area contributed by atoms with E-state index in [1.54, 1.807) is 0 Å². The fraction of sp³-hybridized carbons (Fsp3) is 0.143. The molecule has 0 aliphatic rings. The molecule has 1 rings (SSSR count). The van der Waals surface area contributed by atoms with Crippen LogP contribution in [0.2, 0.25) is 0 Å². The molecule has 1 unspecified atom stereocenters. The van der Waals surface area contributed by atoms with Gasteiger partial charge in [0, 0.05) is 0 Å². The van der Waals surface area contributed by atoms with Gasteiger partial charge >= 0.3 is 8.46 Å². The zero-order valence-corrected chi connectivity index (χ0v) is 8.67. The lowest BCUT2D eigenvalue weighted by molar-refractivity contribution is 0.603. The van der Waals surface area contributed by atoms with Crippen LogP contribution in [0.1, 0.15) is 5.56 Å². The third-order valence-electron chi connectivity index (χ3n) is 1.17. The van der Waals surface area contributed by atoms with Crippen LogP contribution >= 0.6 is 33.3 Å². The first-order chi connectivity index (χ1) is 4.33. The normalized spacial score (nSPS) is 8.09. The Balaban J connectivity index is 0. The molecule has 0 bridgehead atoms. The number of aryl methyl sites for hydroxylation is 1. The van der Waals surface area contributed by atoms with E-state index in [4.69, 9.17) is 0 Å². The first-order valence-electron chi connectivity index (χ1n) is 2.78. The molecule has 0 saturated carbocycles. The Hall–Kier alpha value is -0.100. The maximum absolute atomic E-state index is 10.3. The van der Waals surface area contributed by atoms with Crippen LogP contribution in [0.5, 0.6) is 0 Å². The molecule has 0 saturated heterocycles. The fourth-order valence-corrected chi connectivity index (χ4v) is 0.924. The van der Waals surface area contributed by atoms with Crippen LogP contribution in [-0.2, 0) is 4.57 Å². The highest BCUT2D eigenvalue weighted by molar-refractivity contribution is 7.34. The summed E-state index contributed by atoms with van der Waals surface area (Å²) < 4.78 is 10.3. The Morgan fingerprint density at radius 2 is 1.55 bits per heavy atom. The molecule has 0 fully saturated rings. The molecule has 0 heterocycles. The predicted molar refractivity (Wildman–Crippen MR) is 54.3 cm³/mol. The second-order valence-electron chi connectivity index (χ2n) is 1.97. The van der Waals surface area contributed by atoms with Crippen LogP contribution in [0.4, 0.5) is 0 Å². The lowest BCUT2D eigenvalue weighted by Gasteiger charge is -1.84. The zero-order chi connectivity index (χ0) is 6.69. The maximum Gasteiger partial charge on any atom is 0.363 e. The summed E-state index contributed by atoms with van der Waals surface area (Å²) in [6.45, 7) is 2.01. The van der Waals surface area contributed by atoms with Crippen LogP contribution < -0.4 is 5.30 Å². The summed E-state index contributed by atoms with van der Waals surface area (Å²) in [6.07, 6.45) is 0. The summed E-state index contributed by atoms with van der Waals surface area (Å²) in [7, 11) is -0.324. The lowest BCUT2D eigenvalue weighted by atomic mass is 10.2. The van der Waals surface area contributed by atoms with E-state index in [2.05, 4.69) is 0 Å². The Morgan fingerprint density at radius 3 is 1.91 bits per heavy atom. The smallest absolute Gasteiger partial charge is 0.147 e. The quantitative estimate of drug-likeness (QED) is 0.653. The Labute approximate surface area is 80.2 Å². The number of benzene rings is 1. The van der Waals surface area contributed by atoms with E-state index in [0.717, 1.165) is 5.30 Å². The van der Waals surface area contributed by atoms with Gasteiger partial charge in [0.05, 0.1) is 0 Å². The van der Waals surface area contributed by atoms with Gasteiger partial charge in [-0.3, -0.25) is 0 Å². The molecule has 1 atom stereocenters. The number of rotatable bonds is 1. The number of halogens is 2. The first kappa shape index (κ1) is 13.5. The van der Waals surface area contributed by atoms with Crippen LogP contribution in [0.3, 0.4) is 0 Å². The third kappa shape index (κ3) is 4.36. The van der Waals surface area contributed by atoms with E-state index in [-0.39, 0.29) is 33.3 Å². The van der Waals surface area contributed by atoms with Crippen molar-refractivity contribution in [3.8, 4) is 0 Å². The summed E-state index contributed by atoms with van der Waals surface area (Å²) in [5, 5.41) is 0.889. The molecule has 1 aromatic rings. The zero-order valence-electron chi connectivity index (χ0n) is 6.03. The molecule has 4 heteroatoms. The van der Waals surface area contributed by atoms with E-state index in [9.17, 15) is 4.57 Å². The van der Waals surface area contributed by atoms with Gasteiger partial charge in [-0.15, -0.1) is 24.8 Å². The number of hydrogen-bond acceptors (Lipinski definition) is 1. The molecule has 0 aliphatic heterocycles. The van der Waals surface area contributed by atoms with Crippen molar-refractivity contribution in [2.45, 2.75) is 6.92 Å². The average Bonchev–Trinajstić information content (AvgIpc) is 1.90. The van der Waals surface area contributed by atoms with Gasteiger partial charge in [-0.2, -0.15) is 0 Å². The molecule has 11 heavy (non-hydrogen) atoms. The van der Waals surface area contributed by atoms with Crippen LogP contribution in [0.25, 0.3) is 0 Å². The van der Waals surface area contributed by atoms with Crippen LogP contribution in [0.15, 0.2) is 24.3 Å². The van der Waals surface area contributed by atoms with E-state index >= 15 is 0 Å². The van der Waals surface area contributed by atoms with Gasteiger partial charge in [0.25, 0.3) is 0 Å². The molecule has 0 spiro atoms. The molecule has 0 amide bonds. The van der Waals surface area contributed by atoms with Gasteiger partial charge in [-0.25, -0.2) is 0 Å². The van der Waals surface area contributed by atoms with Gasteiger partial charge in [-0.1, -0.05) is 22.3 Å². The van der Waals surface area contributed by atoms with E-state index in [1.807, 2.05) is 31.2 Å². The van der Waals surface area contributed by atoms with E-state index in [0.29, 0.717) is 0 Å². The van der Waals surface area contributed by atoms with Crippen molar-refractivity contribution in [1.29, 1.82) is 0 Å². The van der Waals surface area contributed by atoms with Crippen molar-refractivity contribution >= 4 is 38.6 Å². The molecule has 1 aromatic carbocycles. The highest BCUT2D eigenvalue weighted by Crippen LogP contribution is 1.98. The van der Waals surface area contributed by atoms with Crippen LogP contribution in [-0.4, -0.2) is 0 Å². The second-order valence-corrected chi connectivity index (χ2v) is 2.75. The summed E-state index contributed by atoms with van der Waals surface area (Å²) in [5.74, 6) is 0. The largest absolute Gasteiger partial charge is 0.363 e.